The number of hydrogen-bond acceptors (Lipinski definition) is 4. The second-order valence-electron chi connectivity index (χ2n) is 6.99. The van der Waals surface area contributed by atoms with Gasteiger partial charge in [0.1, 0.15) is 0 Å². The maximum Gasteiger partial charge on any atom is 0.314 e. The number of rotatable bonds is 3. The lowest BCUT2D eigenvalue weighted by atomic mass is 9.75. The number of carbonyl (C=O) groups excluding carboxylic acids is 1. The zero-order valence-corrected chi connectivity index (χ0v) is 13.9. The van der Waals surface area contributed by atoms with Crippen molar-refractivity contribution in [3.05, 3.63) is 29.6 Å². The minimum atomic E-state index is -0.798. The highest BCUT2D eigenvalue weighted by Crippen LogP contribution is 2.43. The first-order chi connectivity index (χ1) is 11.4. The molecule has 0 unspecified atom stereocenters. The van der Waals surface area contributed by atoms with E-state index >= 15 is 0 Å². The highest BCUT2D eigenvalue weighted by molar-refractivity contribution is 5.77. The van der Waals surface area contributed by atoms with Gasteiger partial charge in [0.25, 0.3) is 0 Å². The Morgan fingerprint density at radius 1 is 1.42 bits per heavy atom. The molecule has 0 bridgehead atoms. The van der Waals surface area contributed by atoms with Crippen molar-refractivity contribution in [3.8, 4) is 0 Å². The van der Waals surface area contributed by atoms with Gasteiger partial charge in [-0.1, -0.05) is 6.07 Å². The number of fused-ring (bicyclic) bond motifs is 1. The molecule has 0 spiro atoms. The monoisotopic (exact) mass is 332 g/mol. The van der Waals surface area contributed by atoms with Gasteiger partial charge in [0.05, 0.1) is 11.1 Å². The topological polar surface area (TPSA) is 99.8 Å². The van der Waals surface area contributed by atoms with E-state index in [2.05, 4.69) is 9.88 Å². The fourth-order valence-corrected chi connectivity index (χ4v) is 4.12. The van der Waals surface area contributed by atoms with Crippen LogP contribution in [-0.4, -0.2) is 58.1 Å². The Labute approximate surface area is 141 Å². The molecule has 1 aromatic rings. The lowest BCUT2D eigenvalue weighted by Gasteiger charge is -2.29. The first kappa shape index (κ1) is 16.7. The smallest absolute Gasteiger partial charge is 0.314 e. The number of carboxylic acids is 1. The molecule has 3 heterocycles. The molecule has 24 heavy (non-hydrogen) atoms. The van der Waals surface area contributed by atoms with Crippen LogP contribution in [0.5, 0.6) is 0 Å². The van der Waals surface area contributed by atoms with Crippen molar-refractivity contribution in [1.29, 1.82) is 0 Å². The van der Waals surface area contributed by atoms with Gasteiger partial charge in [-0.15, -0.1) is 0 Å². The number of carbonyl (C=O) groups is 2. The molecule has 0 radical (unpaired) electrons. The van der Waals surface area contributed by atoms with Crippen LogP contribution in [0.1, 0.15) is 24.2 Å². The maximum absolute atomic E-state index is 12.1. The number of likely N-dealkylation sites (tertiary alicyclic amines) is 2. The van der Waals surface area contributed by atoms with Crippen LogP contribution >= 0.6 is 0 Å². The zero-order chi connectivity index (χ0) is 17.3. The van der Waals surface area contributed by atoms with Gasteiger partial charge in [-0.3, -0.25) is 14.7 Å². The third-order valence-electron chi connectivity index (χ3n) is 5.33. The Morgan fingerprint density at radius 3 is 2.88 bits per heavy atom. The Hall–Kier alpha value is -2.15. The summed E-state index contributed by atoms with van der Waals surface area (Å²) in [5, 5.41) is 9.90. The van der Waals surface area contributed by atoms with E-state index in [1.54, 1.807) is 4.90 Å². The molecule has 7 heteroatoms. The molecular weight excluding hydrogens is 308 g/mol. The number of amides is 2. The van der Waals surface area contributed by atoms with Gasteiger partial charge in [0.2, 0.25) is 0 Å². The highest BCUT2D eigenvalue weighted by Gasteiger charge is 2.53. The number of urea groups is 1. The predicted molar refractivity (Wildman–Crippen MR) is 88.2 cm³/mol. The van der Waals surface area contributed by atoms with E-state index in [-0.39, 0.29) is 5.92 Å². The third kappa shape index (κ3) is 3.08. The molecule has 130 valence electrons. The molecule has 0 aliphatic carbocycles. The molecule has 3 rings (SSSR count). The summed E-state index contributed by atoms with van der Waals surface area (Å²) in [6.45, 7) is 4.67. The van der Waals surface area contributed by atoms with Crippen LogP contribution in [0, 0.1) is 18.3 Å². The maximum atomic E-state index is 12.1. The Kier molecular flexibility index (Phi) is 4.45. The first-order valence-electron chi connectivity index (χ1n) is 8.33. The van der Waals surface area contributed by atoms with E-state index in [0.717, 1.165) is 11.4 Å². The summed E-state index contributed by atoms with van der Waals surface area (Å²) in [7, 11) is 0. The number of nitrogens with two attached hydrogens (primary N) is 1. The van der Waals surface area contributed by atoms with Gasteiger partial charge in [-0.25, -0.2) is 4.79 Å². The molecule has 2 aliphatic heterocycles. The average molecular weight is 332 g/mol. The van der Waals surface area contributed by atoms with Crippen LogP contribution in [-0.2, 0) is 11.3 Å². The molecule has 7 nitrogen and oxygen atoms in total. The summed E-state index contributed by atoms with van der Waals surface area (Å²) in [6.07, 6.45) is 1.25. The summed E-state index contributed by atoms with van der Waals surface area (Å²) in [5.41, 5.74) is 6.53. The van der Waals surface area contributed by atoms with Gasteiger partial charge in [-0.05, 0) is 31.9 Å². The Bertz CT molecular complexity index is 650. The lowest BCUT2D eigenvalue weighted by Crippen LogP contribution is -2.44. The SMILES string of the molecule is Cc1cccc(CN2C[C@H]3CN(C(N)=O)CCC[C@@]3(C(=O)O)C2)n1. The minimum absolute atomic E-state index is 0.102. The zero-order valence-electron chi connectivity index (χ0n) is 13.9. The molecule has 1 aromatic heterocycles. The fraction of sp³-hybridized carbons (Fsp3) is 0.588. The van der Waals surface area contributed by atoms with Crippen molar-refractivity contribution in [2.45, 2.75) is 26.3 Å². The number of carboxylic acid groups (broad SMARTS) is 1. The Balaban J connectivity index is 1.80. The second kappa shape index (κ2) is 6.39. The normalized spacial score (nSPS) is 27.5. The van der Waals surface area contributed by atoms with Crippen LogP contribution < -0.4 is 5.73 Å². The van der Waals surface area contributed by atoms with Gasteiger partial charge in [0, 0.05) is 44.3 Å². The first-order valence-corrected chi connectivity index (χ1v) is 8.33. The Morgan fingerprint density at radius 2 is 2.21 bits per heavy atom. The molecule has 0 saturated carbocycles. The summed E-state index contributed by atoms with van der Waals surface area (Å²) < 4.78 is 0. The largest absolute Gasteiger partial charge is 0.481 e. The van der Waals surface area contributed by atoms with E-state index in [9.17, 15) is 14.7 Å². The van der Waals surface area contributed by atoms with Crippen molar-refractivity contribution < 1.29 is 14.7 Å². The standard InChI is InChI=1S/C17H24N4O3/c1-12-4-2-5-14(19-12)10-20-8-13-9-21(16(18)24)7-3-6-17(13,11-20)15(22)23/h2,4-5,13H,3,6-11H2,1H3,(H2,18,24)(H,22,23)/t13-,17+/m0/s1. The number of pyridine rings is 1. The number of aromatic nitrogens is 1. The highest BCUT2D eigenvalue weighted by atomic mass is 16.4. The molecule has 2 atom stereocenters. The molecule has 0 aromatic carbocycles. The number of nitrogens with zero attached hydrogens (tertiary/aromatic N) is 3. The summed E-state index contributed by atoms with van der Waals surface area (Å²) >= 11 is 0. The van der Waals surface area contributed by atoms with Gasteiger partial charge < -0.3 is 15.7 Å². The van der Waals surface area contributed by atoms with Gasteiger partial charge in [-0.2, -0.15) is 0 Å². The molecule has 2 aliphatic rings. The van der Waals surface area contributed by atoms with E-state index in [1.807, 2.05) is 25.1 Å². The van der Waals surface area contributed by atoms with Crippen LogP contribution in [0.2, 0.25) is 0 Å². The number of aliphatic carboxylic acids is 1. The van der Waals surface area contributed by atoms with Crippen LogP contribution in [0.4, 0.5) is 4.79 Å². The van der Waals surface area contributed by atoms with Crippen molar-refractivity contribution >= 4 is 12.0 Å². The predicted octanol–water partition coefficient (Wildman–Crippen LogP) is 1.07. The van der Waals surface area contributed by atoms with Crippen molar-refractivity contribution in [2.24, 2.45) is 17.1 Å². The van der Waals surface area contributed by atoms with E-state index in [1.165, 1.54) is 0 Å². The molecular formula is C17H24N4O3. The van der Waals surface area contributed by atoms with E-state index < -0.39 is 17.4 Å². The van der Waals surface area contributed by atoms with Gasteiger partial charge in [0.15, 0.2) is 0 Å². The van der Waals surface area contributed by atoms with Crippen LogP contribution in [0.3, 0.4) is 0 Å². The summed E-state index contributed by atoms with van der Waals surface area (Å²) in [4.78, 5) is 31.9. The van der Waals surface area contributed by atoms with Crippen molar-refractivity contribution in [3.63, 3.8) is 0 Å². The van der Waals surface area contributed by atoms with Gasteiger partial charge >= 0.3 is 12.0 Å². The van der Waals surface area contributed by atoms with E-state index in [0.29, 0.717) is 45.6 Å². The lowest BCUT2D eigenvalue weighted by molar-refractivity contribution is -0.150. The molecule has 3 N–H and O–H groups in total. The molecule has 2 saturated heterocycles. The van der Waals surface area contributed by atoms with Crippen LogP contribution in [0.15, 0.2) is 18.2 Å². The molecule has 2 fully saturated rings. The quantitative estimate of drug-likeness (QED) is 0.862. The number of hydrogen-bond donors (Lipinski definition) is 2. The average Bonchev–Trinajstić information content (AvgIpc) is 2.74. The number of aryl methyl sites for hydroxylation is 1. The fourth-order valence-electron chi connectivity index (χ4n) is 4.12. The minimum Gasteiger partial charge on any atom is -0.481 e. The molecule has 2 amide bonds. The third-order valence-corrected chi connectivity index (χ3v) is 5.33. The summed E-state index contributed by atoms with van der Waals surface area (Å²) in [5.74, 6) is -0.867. The number of primary amides is 1. The van der Waals surface area contributed by atoms with Crippen molar-refractivity contribution in [2.75, 3.05) is 26.2 Å². The van der Waals surface area contributed by atoms with E-state index in [4.69, 9.17) is 5.73 Å². The second-order valence-corrected chi connectivity index (χ2v) is 6.99. The van der Waals surface area contributed by atoms with Crippen LogP contribution in [0.25, 0.3) is 0 Å². The van der Waals surface area contributed by atoms with Crippen molar-refractivity contribution in [1.82, 2.24) is 14.8 Å². The summed E-state index contributed by atoms with van der Waals surface area (Å²) in [6, 6.07) is 5.41.